The fraction of sp³-hybridized carbons (Fsp3) is 0.360. The second-order valence-electron chi connectivity index (χ2n) is 9.09. The van der Waals surface area contributed by atoms with E-state index < -0.39 is 39.1 Å². The van der Waals surface area contributed by atoms with Crippen molar-refractivity contribution >= 4 is 61.8 Å². The lowest BCUT2D eigenvalue weighted by molar-refractivity contribution is -0.126. The number of allylic oxidation sites excluding steroid dienone is 3. The highest BCUT2D eigenvalue weighted by molar-refractivity contribution is 8.32. The Kier molecular flexibility index (Phi) is 8.43. The number of nitrogens with one attached hydrogen (secondary N) is 3. The SMILES string of the molecule is CC(C)C[C@H](NC(=O)C1=S2C(=NNC3C=CC=C(C(N)=O)S3)C(=NC23C=CN=CC3)C=C1)C(=O)NCC#N. The van der Waals surface area contributed by atoms with E-state index in [9.17, 15) is 14.4 Å². The molecule has 11 nitrogen and oxygen atoms in total. The smallest absolute Gasteiger partial charge is 0.258 e. The molecule has 4 atom stereocenters. The van der Waals surface area contributed by atoms with Crippen molar-refractivity contribution in [1.29, 1.82) is 5.26 Å². The molecule has 0 saturated carbocycles. The second-order valence-corrected chi connectivity index (χ2v) is 12.4. The molecule has 5 N–H and O–H groups in total. The summed E-state index contributed by atoms with van der Waals surface area (Å²) in [6.45, 7) is 3.77. The number of aliphatic imine (C=N–C) groups is 2. The predicted molar refractivity (Wildman–Crippen MR) is 153 cm³/mol. The molecular weight excluding hydrogens is 524 g/mol. The van der Waals surface area contributed by atoms with E-state index in [1.165, 1.54) is 11.8 Å². The Morgan fingerprint density at radius 2 is 2.18 bits per heavy atom. The van der Waals surface area contributed by atoms with Crippen LogP contribution in [0.4, 0.5) is 0 Å². The van der Waals surface area contributed by atoms with E-state index in [1.54, 1.807) is 36.7 Å². The van der Waals surface area contributed by atoms with E-state index >= 15 is 0 Å². The minimum Gasteiger partial charge on any atom is -0.365 e. The molecule has 4 rings (SSSR count). The van der Waals surface area contributed by atoms with Crippen LogP contribution < -0.4 is 21.8 Å². The van der Waals surface area contributed by atoms with Crippen LogP contribution in [-0.4, -0.2) is 62.4 Å². The number of nitrogens with two attached hydrogens (primary N) is 1. The number of hydrogen-bond acceptors (Lipinski definition) is 9. The van der Waals surface area contributed by atoms with Gasteiger partial charge in [-0.25, -0.2) is 0 Å². The molecule has 0 fully saturated rings. The molecule has 0 radical (unpaired) electrons. The summed E-state index contributed by atoms with van der Waals surface area (Å²) in [5, 5.41) is 19.2. The van der Waals surface area contributed by atoms with Crippen molar-refractivity contribution in [1.82, 2.24) is 16.1 Å². The summed E-state index contributed by atoms with van der Waals surface area (Å²) >= 11 is 1.25. The van der Waals surface area contributed by atoms with Crippen LogP contribution in [0.2, 0.25) is 0 Å². The average molecular weight is 553 g/mol. The van der Waals surface area contributed by atoms with Crippen molar-refractivity contribution < 1.29 is 14.4 Å². The largest absolute Gasteiger partial charge is 0.365 e. The van der Waals surface area contributed by atoms with Gasteiger partial charge < -0.3 is 16.4 Å². The second kappa shape index (κ2) is 11.7. The molecular formula is C25H28N8O3S2. The van der Waals surface area contributed by atoms with Gasteiger partial charge in [0.25, 0.3) is 11.8 Å². The van der Waals surface area contributed by atoms with Crippen LogP contribution in [0.3, 0.4) is 0 Å². The fourth-order valence-corrected chi connectivity index (χ4v) is 7.43. The lowest BCUT2D eigenvalue weighted by Crippen LogP contribution is -2.49. The van der Waals surface area contributed by atoms with Crippen molar-refractivity contribution in [2.24, 2.45) is 26.7 Å². The highest BCUT2D eigenvalue weighted by Crippen LogP contribution is 2.49. The van der Waals surface area contributed by atoms with Gasteiger partial charge in [0.2, 0.25) is 5.91 Å². The summed E-state index contributed by atoms with van der Waals surface area (Å²) in [6, 6.07) is 1.09. The number of carbonyl (C=O) groups is 3. The molecule has 0 aliphatic carbocycles. The number of thioether (sulfide) groups is 1. The Bertz CT molecular complexity index is 1330. The number of rotatable bonds is 9. The Morgan fingerprint density at radius 1 is 1.37 bits per heavy atom. The standard InChI is InChI=1S/C25H28N8O3S2/c1-15(2)14-17(22(35)29-13-10-26)30-23(36)19-7-6-16-24(38(19)25(31-16)8-11-28-12-9-25)33-32-20-5-3-4-18(37-20)21(27)34/h3-8,11-12,15,17,20,32H,9,13-14H2,1-2H3,(H2,27,34)(H,29,35)(H,30,36)/t17-,20?,25?,38?/m0/s1. The van der Waals surface area contributed by atoms with Crippen molar-refractivity contribution in [3.8, 4) is 6.07 Å². The van der Waals surface area contributed by atoms with Crippen LogP contribution in [0, 0.1) is 17.2 Å². The van der Waals surface area contributed by atoms with Crippen LogP contribution >= 0.6 is 22.2 Å². The third-order valence-electron chi connectivity index (χ3n) is 5.82. The molecule has 4 aliphatic rings. The van der Waals surface area contributed by atoms with Crippen LogP contribution in [0.1, 0.15) is 26.7 Å². The summed E-state index contributed by atoms with van der Waals surface area (Å²) in [4.78, 5) is 47.2. The van der Waals surface area contributed by atoms with Gasteiger partial charge in [0.1, 0.15) is 27.9 Å². The average Bonchev–Trinajstić information content (AvgIpc) is 3.08. The van der Waals surface area contributed by atoms with Gasteiger partial charge in [-0.3, -0.25) is 29.8 Å². The first kappa shape index (κ1) is 27.3. The van der Waals surface area contributed by atoms with E-state index in [0.717, 1.165) is 0 Å². The van der Waals surface area contributed by atoms with Crippen molar-refractivity contribution in [3.05, 3.63) is 47.6 Å². The maximum atomic E-state index is 13.7. The monoisotopic (exact) mass is 552 g/mol. The lowest BCUT2D eigenvalue weighted by atomic mass is 10.0. The number of hydrogen-bond donors (Lipinski definition) is 4. The van der Waals surface area contributed by atoms with Gasteiger partial charge in [-0.15, -0.1) is 0 Å². The van der Waals surface area contributed by atoms with E-state index in [0.29, 0.717) is 33.4 Å². The molecule has 0 aromatic rings. The predicted octanol–water partition coefficient (Wildman–Crippen LogP) is 1.21. The normalized spacial score (nSPS) is 26.7. The maximum Gasteiger partial charge on any atom is 0.258 e. The molecule has 198 valence electrons. The summed E-state index contributed by atoms with van der Waals surface area (Å²) in [5.41, 5.74) is 9.15. The number of nitrogens with zero attached hydrogens (tertiary/aromatic N) is 4. The van der Waals surface area contributed by atoms with Crippen LogP contribution in [0.5, 0.6) is 0 Å². The van der Waals surface area contributed by atoms with Gasteiger partial charge in [-0.2, -0.15) is 10.4 Å². The Morgan fingerprint density at radius 3 is 2.87 bits per heavy atom. The molecule has 4 aliphatic heterocycles. The third kappa shape index (κ3) is 5.87. The van der Waals surface area contributed by atoms with Gasteiger partial charge in [0.05, 0.1) is 21.6 Å². The summed E-state index contributed by atoms with van der Waals surface area (Å²) < 4.78 is 0. The molecule has 38 heavy (non-hydrogen) atoms. The Hall–Kier alpha value is -3.76. The van der Waals surface area contributed by atoms with E-state index in [-0.39, 0.29) is 17.8 Å². The minimum absolute atomic E-state index is 0.134. The minimum atomic E-state index is -0.898. The highest BCUT2D eigenvalue weighted by atomic mass is 32.2. The molecule has 0 saturated heterocycles. The zero-order valence-electron chi connectivity index (χ0n) is 20.9. The molecule has 13 heteroatoms. The van der Waals surface area contributed by atoms with Gasteiger partial charge >= 0.3 is 0 Å². The number of nitriles is 1. The van der Waals surface area contributed by atoms with E-state index in [1.807, 2.05) is 32.1 Å². The Balaban J connectivity index is 1.65. The number of amides is 3. The van der Waals surface area contributed by atoms with Gasteiger partial charge in [-0.1, -0.05) is 48.2 Å². The quantitative estimate of drug-likeness (QED) is 0.190. The summed E-state index contributed by atoms with van der Waals surface area (Å²) in [5.74, 6) is -1.18. The van der Waals surface area contributed by atoms with Crippen molar-refractivity contribution in [2.45, 2.75) is 43.0 Å². The number of hydrazone groups is 1. The van der Waals surface area contributed by atoms with Gasteiger partial charge in [-0.05, 0) is 36.6 Å². The first-order valence-corrected chi connectivity index (χ1v) is 14.1. The third-order valence-corrected chi connectivity index (χ3v) is 9.47. The Labute approximate surface area is 227 Å². The summed E-state index contributed by atoms with van der Waals surface area (Å²) in [7, 11) is -0.898. The maximum absolute atomic E-state index is 13.7. The molecule has 1 spiro atoms. The number of fused-ring (bicyclic) bond motifs is 3. The van der Waals surface area contributed by atoms with Crippen molar-refractivity contribution in [3.63, 3.8) is 0 Å². The van der Waals surface area contributed by atoms with Crippen LogP contribution in [0.25, 0.3) is 0 Å². The van der Waals surface area contributed by atoms with E-state index in [4.69, 9.17) is 16.0 Å². The molecule has 2 bridgehead atoms. The van der Waals surface area contributed by atoms with Gasteiger partial charge in [0.15, 0.2) is 0 Å². The summed E-state index contributed by atoms with van der Waals surface area (Å²) in [6.07, 6.45) is 14.9. The van der Waals surface area contributed by atoms with Gasteiger partial charge in [0, 0.05) is 18.8 Å². The van der Waals surface area contributed by atoms with Crippen LogP contribution in [-0.2, 0) is 14.4 Å². The first-order valence-electron chi connectivity index (χ1n) is 12.0. The molecule has 0 aromatic heterocycles. The zero-order chi connectivity index (χ0) is 27.3. The topological polar surface area (TPSA) is 174 Å². The molecule has 0 aromatic carbocycles. The van der Waals surface area contributed by atoms with E-state index in [2.05, 4.69) is 26.2 Å². The lowest BCUT2D eigenvalue weighted by Gasteiger charge is -2.28. The highest BCUT2D eigenvalue weighted by Gasteiger charge is 2.45. The zero-order valence-corrected chi connectivity index (χ0v) is 22.5. The fourth-order valence-electron chi connectivity index (χ4n) is 4.15. The molecule has 4 heterocycles. The molecule has 3 amide bonds. The number of primary amides is 1. The van der Waals surface area contributed by atoms with Crippen molar-refractivity contribution in [2.75, 3.05) is 6.54 Å². The number of carbonyl (C=O) groups excluding carboxylic acids is 3. The molecule has 3 unspecified atom stereocenters. The first-order chi connectivity index (χ1) is 18.2. The van der Waals surface area contributed by atoms with Crippen LogP contribution in [0.15, 0.2) is 62.6 Å².